The standard InChI is InChI=1S/C34H27FN4O5S/c1-4-44-33(41)29-30(22-8-6-5-7-9-22)36-34-38(31(29)23-10-12-25(35)13-11-23)32(40)28(45-34)19-24-18-20(2)37(21(24)3)26-14-16-27(17-15-26)39(42)43/h5-19,31H,4H2,1-3H3. The Kier molecular flexibility index (Phi) is 7.86. The van der Waals surface area contributed by atoms with E-state index in [1.807, 2.05) is 54.8 Å². The number of ether oxygens (including phenoxy) is 1. The van der Waals surface area contributed by atoms with Crippen molar-refractivity contribution in [2.24, 2.45) is 4.99 Å². The number of hydrogen-bond acceptors (Lipinski definition) is 7. The van der Waals surface area contributed by atoms with E-state index in [9.17, 15) is 24.1 Å². The minimum atomic E-state index is -0.911. The fourth-order valence-electron chi connectivity index (χ4n) is 5.60. The molecule has 1 atom stereocenters. The topological polar surface area (TPSA) is 109 Å². The first-order valence-electron chi connectivity index (χ1n) is 14.2. The number of nitrogens with zero attached hydrogens (tertiary/aromatic N) is 4. The molecule has 2 aromatic heterocycles. The molecule has 45 heavy (non-hydrogen) atoms. The first kappa shape index (κ1) is 29.6. The molecule has 0 saturated carbocycles. The number of benzene rings is 3. The molecule has 5 aromatic rings. The highest BCUT2D eigenvalue weighted by Crippen LogP contribution is 2.35. The van der Waals surface area contributed by atoms with E-state index in [4.69, 9.17) is 9.73 Å². The lowest BCUT2D eigenvalue weighted by molar-refractivity contribution is -0.384. The number of aryl methyl sites for hydroxylation is 1. The summed E-state index contributed by atoms with van der Waals surface area (Å²) in [6.45, 7) is 5.65. The van der Waals surface area contributed by atoms with Gasteiger partial charge >= 0.3 is 5.97 Å². The summed E-state index contributed by atoms with van der Waals surface area (Å²) in [5.74, 6) is -1.06. The van der Waals surface area contributed by atoms with Crippen LogP contribution in [0.2, 0.25) is 0 Å². The van der Waals surface area contributed by atoms with E-state index in [0.717, 1.165) is 22.6 Å². The molecule has 0 bridgehead atoms. The molecule has 226 valence electrons. The first-order valence-corrected chi connectivity index (χ1v) is 15.0. The predicted molar refractivity (Wildman–Crippen MR) is 169 cm³/mol. The molecule has 3 aromatic carbocycles. The van der Waals surface area contributed by atoms with E-state index in [2.05, 4.69) is 0 Å². The number of thiazole rings is 1. The summed E-state index contributed by atoms with van der Waals surface area (Å²) >= 11 is 1.19. The van der Waals surface area contributed by atoms with Gasteiger partial charge in [-0.05, 0) is 68.3 Å². The molecule has 0 saturated heterocycles. The van der Waals surface area contributed by atoms with Crippen molar-refractivity contribution in [3.05, 3.63) is 154 Å². The van der Waals surface area contributed by atoms with Gasteiger partial charge in [0.05, 0.1) is 33.4 Å². The summed E-state index contributed by atoms with van der Waals surface area (Å²) in [6, 6.07) is 22.2. The van der Waals surface area contributed by atoms with Crippen molar-refractivity contribution in [3.63, 3.8) is 0 Å². The van der Waals surface area contributed by atoms with Gasteiger partial charge in [-0.15, -0.1) is 0 Å². The molecule has 0 spiro atoms. The number of aromatic nitrogens is 2. The number of fused-ring (bicyclic) bond motifs is 1. The van der Waals surface area contributed by atoms with Crippen molar-refractivity contribution >= 4 is 34.8 Å². The monoisotopic (exact) mass is 622 g/mol. The fourth-order valence-corrected chi connectivity index (χ4v) is 6.59. The normalized spacial score (nSPS) is 14.7. The third kappa shape index (κ3) is 5.42. The number of carbonyl (C=O) groups excluding carboxylic acids is 1. The van der Waals surface area contributed by atoms with Gasteiger partial charge in [0, 0.05) is 34.8 Å². The number of nitro benzene ring substituents is 1. The van der Waals surface area contributed by atoms with Crippen molar-refractivity contribution in [1.29, 1.82) is 0 Å². The number of carbonyl (C=O) groups is 1. The average Bonchev–Trinajstić information content (AvgIpc) is 3.50. The predicted octanol–water partition coefficient (Wildman–Crippen LogP) is 5.39. The van der Waals surface area contributed by atoms with Gasteiger partial charge in [0.1, 0.15) is 5.82 Å². The van der Waals surface area contributed by atoms with Crippen LogP contribution in [0.1, 0.15) is 41.0 Å². The van der Waals surface area contributed by atoms with Crippen LogP contribution in [0.25, 0.3) is 17.5 Å². The Hall–Kier alpha value is -5.42. The third-order valence-corrected chi connectivity index (χ3v) is 8.62. The van der Waals surface area contributed by atoms with Crippen LogP contribution in [0.4, 0.5) is 10.1 Å². The number of rotatable bonds is 7. The van der Waals surface area contributed by atoms with Crippen molar-refractivity contribution in [1.82, 2.24) is 9.13 Å². The Labute approximate surface area is 260 Å². The molecule has 1 aliphatic heterocycles. The molecular formula is C34H27FN4O5S. The van der Waals surface area contributed by atoms with Gasteiger partial charge in [0.25, 0.3) is 11.2 Å². The van der Waals surface area contributed by atoms with E-state index in [1.165, 1.54) is 40.2 Å². The van der Waals surface area contributed by atoms with Gasteiger partial charge in [0.15, 0.2) is 4.80 Å². The zero-order chi connectivity index (χ0) is 31.8. The molecule has 0 amide bonds. The largest absolute Gasteiger partial charge is 0.463 e. The molecule has 6 rings (SSSR count). The lowest BCUT2D eigenvalue weighted by Crippen LogP contribution is -2.40. The summed E-state index contributed by atoms with van der Waals surface area (Å²) in [5, 5.41) is 11.1. The highest BCUT2D eigenvalue weighted by molar-refractivity contribution is 7.07. The Morgan fingerprint density at radius 3 is 2.40 bits per heavy atom. The van der Waals surface area contributed by atoms with Crippen molar-refractivity contribution in [2.75, 3.05) is 6.61 Å². The van der Waals surface area contributed by atoms with Crippen LogP contribution in [0.15, 0.2) is 100 Å². The summed E-state index contributed by atoms with van der Waals surface area (Å²) in [6.07, 6.45) is 1.78. The lowest BCUT2D eigenvalue weighted by atomic mass is 9.93. The molecule has 9 nitrogen and oxygen atoms in total. The van der Waals surface area contributed by atoms with Crippen molar-refractivity contribution in [2.45, 2.75) is 26.8 Å². The number of esters is 1. The van der Waals surface area contributed by atoms with Gasteiger partial charge in [-0.1, -0.05) is 53.8 Å². The average molecular weight is 623 g/mol. The molecule has 11 heteroatoms. The second kappa shape index (κ2) is 11.9. The third-order valence-electron chi connectivity index (χ3n) is 7.64. The molecule has 1 unspecified atom stereocenters. The molecule has 3 heterocycles. The minimum Gasteiger partial charge on any atom is -0.463 e. The Morgan fingerprint density at radius 2 is 1.76 bits per heavy atom. The van der Waals surface area contributed by atoms with Crippen LogP contribution in [-0.2, 0) is 9.53 Å². The SMILES string of the molecule is CCOC(=O)C1=C(c2ccccc2)N=c2sc(=Cc3cc(C)n(-c4ccc([N+](=O)[O-])cc4)c3C)c(=O)n2C1c1ccc(F)cc1. The number of hydrogen-bond donors (Lipinski definition) is 0. The Balaban J connectivity index is 1.56. The molecule has 1 aliphatic rings. The minimum absolute atomic E-state index is 0.00434. The highest BCUT2D eigenvalue weighted by atomic mass is 32.1. The maximum atomic E-state index is 14.2. The van der Waals surface area contributed by atoms with Crippen molar-refractivity contribution in [3.8, 4) is 5.69 Å². The quantitative estimate of drug-likeness (QED) is 0.137. The van der Waals surface area contributed by atoms with Gasteiger partial charge in [-0.2, -0.15) is 0 Å². The number of non-ortho nitro benzene ring substituents is 1. The zero-order valence-corrected chi connectivity index (χ0v) is 25.4. The van der Waals surface area contributed by atoms with Crippen LogP contribution in [0, 0.1) is 29.8 Å². The van der Waals surface area contributed by atoms with Gasteiger partial charge in [-0.3, -0.25) is 19.5 Å². The Bertz CT molecular complexity index is 2160. The van der Waals surface area contributed by atoms with Gasteiger partial charge in [-0.25, -0.2) is 14.2 Å². The molecular weight excluding hydrogens is 595 g/mol. The van der Waals surface area contributed by atoms with Crippen LogP contribution in [-0.4, -0.2) is 26.6 Å². The molecule has 0 aliphatic carbocycles. The van der Waals surface area contributed by atoms with Crippen LogP contribution in [0.3, 0.4) is 0 Å². The van der Waals surface area contributed by atoms with Crippen LogP contribution in [0.5, 0.6) is 0 Å². The maximum absolute atomic E-state index is 14.2. The second-order valence-electron chi connectivity index (χ2n) is 10.4. The lowest BCUT2D eigenvalue weighted by Gasteiger charge is -2.25. The van der Waals surface area contributed by atoms with E-state index in [-0.39, 0.29) is 23.4 Å². The molecule has 0 N–H and O–H groups in total. The van der Waals surface area contributed by atoms with E-state index in [0.29, 0.717) is 26.2 Å². The summed E-state index contributed by atoms with van der Waals surface area (Å²) in [7, 11) is 0. The van der Waals surface area contributed by atoms with Crippen LogP contribution >= 0.6 is 11.3 Å². The summed E-state index contributed by atoms with van der Waals surface area (Å²) in [5.41, 5.74) is 4.65. The van der Waals surface area contributed by atoms with Crippen molar-refractivity contribution < 1.29 is 18.8 Å². The second-order valence-corrected chi connectivity index (χ2v) is 11.4. The molecule has 0 radical (unpaired) electrons. The van der Waals surface area contributed by atoms with E-state index in [1.54, 1.807) is 37.3 Å². The zero-order valence-electron chi connectivity index (χ0n) is 24.6. The summed E-state index contributed by atoms with van der Waals surface area (Å²) < 4.78 is 23.3. The number of halogens is 1. The first-order chi connectivity index (χ1) is 21.7. The van der Waals surface area contributed by atoms with Gasteiger partial charge in [0.2, 0.25) is 0 Å². The molecule has 0 fully saturated rings. The smallest absolute Gasteiger partial charge is 0.338 e. The van der Waals surface area contributed by atoms with E-state index < -0.39 is 22.8 Å². The Morgan fingerprint density at radius 1 is 1.07 bits per heavy atom. The maximum Gasteiger partial charge on any atom is 0.338 e. The van der Waals surface area contributed by atoms with Gasteiger partial charge < -0.3 is 9.30 Å². The number of nitro groups is 1. The van der Waals surface area contributed by atoms with Crippen LogP contribution < -0.4 is 14.9 Å². The van der Waals surface area contributed by atoms with E-state index >= 15 is 0 Å². The summed E-state index contributed by atoms with van der Waals surface area (Å²) in [4.78, 5) is 43.6. The fraction of sp³-hybridized carbons (Fsp3) is 0.147. The highest BCUT2D eigenvalue weighted by Gasteiger charge is 2.35.